The summed E-state index contributed by atoms with van der Waals surface area (Å²) in [4.78, 5) is 13.1. The third kappa shape index (κ3) is 5.73. The van der Waals surface area contributed by atoms with E-state index < -0.39 is 10.6 Å². The lowest BCUT2D eigenvalue weighted by atomic mass is 10.1. The maximum absolute atomic E-state index is 11.6. The van der Waals surface area contributed by atoms with Crippen molar-refractivity contribution in [3.63, 3.8) is 0 Å². The summed E-state index contributed by atoms with van der Waals surface area (Å²) in [6.07, 6.45) is 4.66. The van der Waals surface area contributed by atoms with E-state index in [9.17, 15) is 4.21 Å². The highest BCUT2D eigenvalue weighted by molar-refractivity contribution is 7.73. The molecule has 2 aromatic heterocycles. The van der Waals surface area contributed by atoms with E-state index in [-0.39, 0.29) is 0 Å². The average Bonchev–Trinajstić information content (AvgIpc) is 3.33. The van der Waals surface area contributed by atoms with Crippen LogP contribution in [0.5, 0.6) is 5.75 Å². The van der Waals surface area contributed by atoms with Crippen molar-refractivity contribution in [2.45, 2.75) is 18.2 Å². The molecule has 0 saturated heterocycles. The van der Waals surface area contributed by atoms with Gasteiger partial charge in [0.15, 0.2) is 0 Å². The monoisotopic (exact) mass is 512 g/mol. The van der Waals surface area contributed by atoms with Gasteiger partial charge in [-0.3, -0.25) is 4.78 Å². The van der Waals surface area contributed by atoms with Gasteiger partial charge in [0, 0.05) is 46.0 Å². The predicted octanol–water partition coefficient (Wildman–Crippen LogP) is 6.02. The van der Waals surface area contributed by atoms with Gasteiger partial charge in [0.1, 0.15) is 11.6 Å². The Bertz CT molecular complexity index is 1590. The Morgan fingerprint density at radius 1 is 1.05 bits per heavy atom. The Morgan fingerprint density at radius 3 is 2.70 bits per heavy atom. The highest BCUT2D eigenvalue weighted by Gasteiger charge is 2.11. The molecule has 0 bridgehead atoms. The molecule has 37 heavy (non-hydrogen) atoms. The number of nitrogens with one attached hydrogen (secondary N) is 4. The topological polar surface area (TPSA) is 116 Å². The van der Waals surface area contributed by atoms with Crippen LogP contribution >= 0.6 is 0 Å². The van der Waals surface area contributed by atoms with Gasteiger partial charge in [0.25, 0.3) is 0 Å². The molecule has 0 fully saturated rings. The molecule has 3 aromatic carbocycles. The highest BCUT2D eigenvalue weighted by atomic mass is 32.2. The number of aromatic nitrogens is 3. The molecular weight excluding hydrogens is 484 g/mol. The largest absolute Gasteiger partial charge is 0.494 e. The van der Waals surface area contributed by atoms with Crippen LogP contribution in [0, 0.1) is 4.78 Å². The van der Waals surface area contributed by atoms with E-state index in [1.54, 1.807) is 24.4 Å². The van der Waals surface area contributed by atoms with Crippen LogP contribution in [0.1, 0.15) is 12.5 Å². The molecule has 0 spiro atoms. The number of thiol groups is 1. The predicted molar refractivity (Wildman–Crippen MR) is 149 cm³/mol. The lowest BCUT2D eigenvalue weighted by Gasteiger charge is -2.14. The molecule has 5 rings (SSSR count). The van der Waals surface area contributed by atoms with Crippen LogP contribution in [0.2, 0.25) is 0 Å². The molecule has 9 heteroatoms. The second-order valence-corrected chi connectivity index (χ2v) is 9.52. The van der Waals surface area contributed by atoms with Crippen LogP contribution in [0.4, 0.5) is 17.5 Å². The molecule has 1 unspecified atom stereocenters. The Balaban J connectivity index is 1.41. The van der Waals surface area contributed by atoms with Crippen molar-refractivity contribution in [3.8, 4) is 16.9 Å². The molecule has 5 aromatic rings. The Hall–Kier alpha value is -4.37. The number of benzene rings is 3. The number of hydrogen-bond donors (Lipinski definition) is 5. The first kappa shape index (κ1) is 24.3. The van der Waals surface area contributed by atoms with E-state index in [1.165, 1.54) is 10.9 Å². The molecule has 2 heterocycles. The highest BCUT2D eigenvalue weighted by Crippen LogP contribution is 2.29. The molecule has 0 aliphatic rings. The number of H-pyrrole nitrogens is 1. The summed E-state index contributed by atoms with van der Waals surface area (Å²) in [5.41, 5.74) is 4.87. The number of fused-ring (bicyclic) bond motifs is 1. The van der Waals surface area contributed by atoms with E-state index in [0.29, 0.717) is 35.5 Å². The third-order valence-corrected chi connectivity index (χ3v) is 6.71. The maximum Gasteiger partial charge on any atom is 0.229 e. The first-order valence-corrected chi connectivity index (χ1v) is 13.3. The molecule has 0 amide bonds. The van der Waals surface area contributed by atoms with Gasteiger partial charge in [-0.2, -0.15) is 4.98 Å². The first-order valence-electron chi connectivity index (χ1n) is 12.1. The van der Waals surface area contributed by atoms with E-state index in [1.807, 2.05) is 49.4 Å². The number of aromatic amines is 1. The van der Waals surface area contributed by atoms with Crippen LogP contribution in [-0.4, -0.2) is 32.3 Å². The fourth-order valence-corrected chi connectivity index (χ4v) is 4.66. The van der Waals surface area contributed by atoms with E-state index in [4.69, 9.17) is 14.5 Å². The summed E-state index contributed by atoms with van der Waals surface area (Å²) in [6, 6.07) is 23.1. The van der Waals surface area contributed by atoms with Gasteiger partial charge in [-0.15, -0.1) is 0 Å². The van der Waals surface area contributed by atoms with Crippen molar-refractivity contribution >= 4 is 39.0 Å². The fraction of sp³-hybridized carbons (Fsp3) is 0.143. The van der Waals surface area contributed by atoms with Crippen LogP contribution in [0.15, 0.2) is 90.1 Å². The fourth-order valence-electron chi connectivity index (χ4n) is 4.18. The Morgan fingerprint density at radius 2 is 1.89 bits per heavy atom. The number of nitrogens with zero attached hydrogens (tertiary/aromatic N) is 2. The van der Waals surface area contributed by atoms with E-state index in [0.717, 1.165) is 28.8 Å². The molecule has 188 valence electrons. The zero-order chi connectivity index (χ0) is 25.6. The minimum atomic E-state index is -2.18. The van der Waals surface area contributed by atoms with E-state index in [2.05, 4.69) is 38.9 Å². The molecule has 4 N–H and O–H groups in total. The lowest BCUT2D eigenvalue weighted by molar-refractivity contribution is 0.340. The molecule has 0 saturated carbocycles. The maximum atomic E-state index is 11.6. The number of rotatable bonds is 10. The van der Waals surface area contributed by atoms with Crippen molar-refractivity contribution in [1.82, 2.24) is 15.0 Å². The van der Waals surface area contributed by atoms with Crippen molar-refractivity contribution in [1.29, 1.82) is 4.78 Å². The van der Waals surface area contributed by atoms with E-state index >= 15 is 0 Å². The van der Waals surface area contributed by atoms with Gasteiger partial charge < -0.3 is 20.4 Å². The molecule has 0 aliphatic heterocycles. The van der Waals surface area contributed by atoms with Crippen LogP contribution < -0.4 is 15.4 Å². The normalized spacial score (nSPS) is 11.8. The summed E-state index contributed by atoms with van der Waals surface area (Å²) in [7, 11) is -2.18. The quantitative estimate of drug-likeness (QED) is 0.146. The van der Waals surface area contributed by atoms with Crippen molar-refractivity contribution in [2.24, 2.45) is 0 Å². The van der Waals surface area contributed by atoms with Crippen LogP contribution in [0.3, 0.4) is 0 Å². The lowest BCUT2D eigenvalue weighted by Crippen LogP contribution is -2.09. The second kappa shape index (κ2) is 11.1. The first-order chi connectivity index (χ1) is 18.1. The third-order valence-electron chi connectivity index (χ3n) is 5.96. The van der Waals surface area contributed by atoms with Gasteiger partial charge in [0.05, 0.1) is 17.2 Å². The number of hydrogen-bond acceptors (Lipinski definition) is 7. The van der Waals surface area contributed by atoms with Crippen molar-refractivity contribution in [3.05, 3.63) is 90.8 Å². The summed E-state index contributed by atoms with van der Waals surface area (Å²) >= 11 is 0. The van der Waals surface area contributed by atoms with Crippen molar-refractivity contribution in [2.75, 3.05) is 23.8 Å². The molecule has 0 radical (unpaired) electrons. The van der Waals surface area contributed by atoms with Gasteiger partial charge >= 0.3 is 0 Å². The SMILES string of the molecule is CCOc1ccc(-c2cnc(Nc3cccc([SH](=N)=O)c3)nc2NCCc2c[nH]c3ccccc23)cc1. The van der Waals surface area contributed by atoms with Crippen LogP contribution in [0.25, 0.3) is 22.0 Å². The minimum absolute atomic E-state index is 0.404. The summed E-state index contributed by atoms with van der Waals surface area (Å²) < 4.78 is 24.7. The summed E-state index contributed by atoms with van der Waals surface area (Å²) in [5, 5.41) is 7.89. The van der Waals surface area contributed by atoms with Gasteiger partial charge in [-0.25, -0.2) is 9.19 Å². The summed E-state index contributed by atoms with van der Waals surface area (Å²) in [6.45, 7) is 3.25. The standard InChI is InChI=1S/C28H28N6O2S/c1-2-36-22-12-10-19(11-13-22)25-18-32-28(33-21-6-5-7-23(16-21)37(29)35)34-27(25)30-15-14-20-17-31-26-9-4-3-8-24(20)26/h3-13,16-18,29,31,37H,2,14-15H2,1H3,(H2,30,32,33,34). The van der Waals surface area contributed by atoms with Crippen molar-refractivity contribution < 1.29 is 8.95 Å². The average molecular weight is 513 g/mol. The number of para-hydroxylation sites is 1. The zero-order valence-corrected chi connectivity index (χ0v) is 21.3. The zero-order valence-electron chi connectivity index (χ0n) is 20.4. The van der Waals surface area contributed by atoms with Gasteiger partial charge in [0.2, 0.25) is 5.95 Å². The van der Waals surface area contributed by atoms with Gasteiger partial charge in [-0.05, 0) is 60.9 Å². The minimum Gasteiger partial charge on any atom is -0.494 e. The smallest absolute Gasteiger partial charge is 0.229 e. The number of ether oxygens (including phenoxy) is 1. The Kier molecular flexibility index (Phi) is 7.32. The molecule has 1 atom stereocenters. The summed E-state index contributed by atoms with van der Waals surface area (Å²) in [5.74, 6) is 1.91. The van der Waals surface area contributed by atoms with Gasteiger partial charge in [-0.1, -0.05) is 36.4 Å². The second-order valence-electron chi connectivity index (χ2n) is 8.42. The number of anilines is 3. The molecule has 0 aliphatic carbocycles. The van der Waals surface area contributed by atoms with Crippen LogP contribution in [-0.2, 0) is 17.0 Å². The molecule has 8 nitrogen and oxygen atoms in total. The Labute approximate surface area is 217 Å². The molecular formula is C28H28N6O2S.